The van der Waals surface area contributed by atoms with Gasteiger partial charge in [-0.05, 0) is 0 Å². The van der Waals surface area contributed by atoms with Gasteiger partial charge in [-0.3, -0.25) is 4.59 Å². The fourth-order valence-electron chi connectivity index (χ4n) is 1.06. The van der Waals surface area contributed by atoms with Gasteiger partial charge in [-0.15, -0.1) is 0 Å². The summed E-state index contributed by atoms with van der Waals surface area (Å²) in [4.78, 5) is 0. The minimum absolute atomic E-state index is 0.750. The molecule has 0 saturated carbocycles. The average molecular weight is 101 g/mol. The number of rotatable bonds is 0. The Morgan fingerprint density at radius 2 is 1.71 bits per heavy atom. The molecule has 1 aliphatic rings. The number of hydrogen-bond donors (Lipinski definition) is 1. The summed E-state index contributed by atoms with van der Waals surface area (Å²) in [5.41, 5.74) is 0. The number of hydrogen-bond acceptors (Lipinski definition) is 1. The first kappa shape index (κ1) is 5.06. The van der Waals surface area contributed by atoms with Gasteiger partial charge in [0.05, 0.1) is 20.1 Å². The van der Waals surface area contributed by atoms with Gasteiger partial charge in [-0.1, -0.05) is 0 Å². The van der Waals surface area contributed by atoms with E-state index in [1.807, 2.05) is 0 Å². The van der Waals surface area contributed by atoms with Crippen LogP contribution in [0.25, 0.3) is 0 Å². The normalized spacial score (nSPS) is 28.3. The molecule has 0 unspecified atom stereocenters. The SMILES string of the molecule is C[N+]1(N)CCCC1. The summed E-state index contributed by atoms with van der Waals surface area (Å²) in [7, 11) is 2.08. The van der Waals surface area contributed by atoms with Crippen molar-refractivity contribution in [3.63, 3.8) is 0 Å². The van der Waals surface area contributed by atoms with Crippen LogP contribution >= 0.6 is 0 Å². The second-order valence-electron chi connectivity index (χ2n) is 2.63. The molecule has 1 saturated heterocycles. The lowest BCUT2D eigenvalue weighted by Gasteiger charge is -2.19. The van der Waals surface area contributed by atoms with Crippen LogP contribution in [0.3, 0.4) is 0 Å². The molecule has 1 heterocycles. The van der Waals surface area contributed by atoms with Gasteiger partial charge in [-0.25, -0.2) is 0 Å². The number of nitrogens with zero attached hydrogens (tertiary/aromatic N) is 1. The highest BCUT2D eigenvalue weighted by molar-refractivity contribution is 4.45. The monoisotopic (exact) mass is 101 g/mol. The van der Waals surface area contributed by atoms with Crippen molar-refractivity contribution < 1.29 is 4.59 Å². The summed E-state index contributed by atoms with van der Waals surface area (Å²) in [6.07, 6.45) is 2.62. The summed E-state index contributed by atoms with van der Waals surface area (Å²) in [6.45, 7) is 2.33. The van der Waals surface area contributed by atoms with E-state index in [9.17, 15) is 0 Å². The summed E-state index contributed by atoms with van der Waals surface area (Å²) in [6, 6.07) is 0. The predicted molar refractivity (Wildman–Crippen MR) is 29.3 cm³/mol. The largest absolute Gasteiger partial charge is 0.251 e. The van der Waals surface area contributed by atoms with Gasteiger partial charge in [0.1, 0.15) is 0 Å². The molecular formula is C5H13N2+. The van der Waals surface area contributed by atoms with Crippen molar-refractivity contribution in [1.29, 1.82) is 0 Å². The maximum Gasteiger partial charge on any atom is 0.0960 e. The van der Waals surface area contributed by atoms with E-state index in [0.29, 0.717) is 0 Å². The maximum absolute atomic E-state index is 5.72. The Bertz CT molecular complexity index is 60.5. The van der Waals surface area contributed by atoms with Crippen molar-refractivity contribution in [2.75, 3.05) is 20.1 Å². The Hall–Kier alpha value is -0.0800. The van der Waals surface area contributed by atoms with Gasteiger partial charge < -0.3 is 0 Å². The molecule has 0 aromatic heterocycles. The number of quaternary nitrogens is 1. The highest BCUT2D eigenvalue weighted by atomic mass is 15.6. The molecule has 0 atom stereocenters. The van der Waals surface area contributed by atoms with Gasteiger partial charge in [0.15, 0.2) is 0 Å². The van der Waals surface area contributed by atoms with Crippen LogP contribution in [0.2, 0.25) is 0 Å². The smallest absolute Gasteiger partial charge is 0.0960 e. The Balaban J connectivity index is 2.40. The molecule has 2 nitrogen and oxygen atoms in total. The molecule has 0 aromatic carbocycles. The number of likely N-dealkylation sites (tertiary alicyclic amines) is 1. The molecule has 0 radical (unpaired) electrons. The minimum atomic E-state index is 0.750. The van der Waals surface area contributed by atoms with Gasteiger partial charge in [0.2, 0.25) is 0 Å². The molecule has 0 amide bonds. The summed E-state index contributed by atoms with van der Waals surface area (Å²) in [5.74, 6) is 5.72. The molecule has 0 spiro atoms. The highest BCUT2D eigenvalue weighted by Crippen LogP contribution is 2.08. The van der Waals surface area contributed by atoms with Crippen molar-refractivity contribution >= 4 is 0 Å². The Labute approximate surface area is 44.5 Å². The van der Waals surface area contributed by atoms with E-state index in [-0.39, 0.29) is 0 Å². The van der Waals surface area contributed by atoms with Crippen molar-refractivity contribution in [2.45, 2.75) is 12.8 Å². The molecule has 7 heavy (non-hydrogen) atoms. The van der Waals surface area contributed by atoms with Crippen LogP contribution in [0, 0.1) is 0 Å². The zero-order valence-corrected chi connectivity index (χ0v) is 4.85. The summed E-state index contributed by atoms with van der Waals surface area (Å²) >= 11 is 0. The molecule has 42 valence electrons. The quantitative estimate of drug-likeness (QED) is 0.340. The molecule has 1 fully saturated rings. The predicted octanol–water partition coefficient (Wildman–Crippen LogP) is 0.100. The average Bonchev–Trinajstić information content (AvgIpc) is 1.84. The van der Waals surface area contributed by atoms with Crippen LogP contribution in [-0.4, -0.2) is 24.7 Å². The van der Waals surface area contributed by atoms with Crippen LogP contribution in [-0.2, 0) is 0 Å². The van der Waals surface area contributed by atoms with E-state index < -0.39 is 0 Å². The third kappa shape index (κ3) is 1.14. The lowest BCUT2D eigenvalue weighted by Crippen LogP contribution is -2.47. The van der Waals surface area contributed by atoms with Crippen LogP contribution in [0.1, 0.15) is 12.8 Å². The zero-order chi connectivity index (χ0) is 5.33. The zero-order valence-electron chi connectivity index (χ0n) is 4.85. The van der Waals surface area contributed by atoms with E-state index >= 15 is 0 Å². The van der Waals surface area contributed by atoms with Crippen LogP contribution in [0.4, 0.5) is 0 Å². The lowest BCUT2D eigenvalue weighted by molar-refractivity contribution is -0.909. The van der Waals surface area contributed by atoms with Crippen LogP contribution < -0.4 is 5.84 Å². The van der Waals surface area contributed by atoms with Crippen molar-refractivity contribution in [2.24, 2.45) is 5.84 Å². The molecule has 0 bridgehead atoms. The summed E-state index contributed by atoms with van der Waals surface area (Å²) in [5, 5.41) is 0. The standard InChI is InChI=1S/C5H13N2/c1-7(6)4-2-3-5-7/h2-6H2,1H3/q+1. The van der Waals surface area contributed by atoms with E-state index in [1.54, 1.807) is 0 Å². The Kier molecular flexibility index (Phi) is 1.05. The first-order valence-corrected chi connectivity index (χ1v) is 2.84. The molecule has 0 aromatic rings. The fourth-order valence-corrected chi connectivity index (χ4v) is 1.06. The molecule has 2 heteroatoms. The van der Waals surface area contributed by atoms with Crippen molar-refractivity contribution in [3.05, 3.63) is 0 Å². The highest BCUT2D eigenvalue weighted by Gasteiger charge is 2.21. The van der Waals surface area contributed by atoms with Crippen LogP contribution in [0.15, 0.2) is 0 Å². The molecule has 1 rings (SSSR count). The van der Waals surface area contributed by atoms with Gasteiger partial charge in [0, 0.05) is 12.8 Å². The van der Waals surface area contributed by atoms with E-state index in [2.05, 4.69) is 7.05 Å². The number of nitrogens with two attached hydrogens (primary N) is 1. The summed E-state index contributed by atoms with van der Waals surface area (Å²) < 4.78 is 0.750. The van der Waals surface area contributed by atoms with Crippen molar-refractivity contribution in [3.8, 4) is 0 Å². The molecular weight excluding hydrogens is 88.1 g/mol. The van der Waals surface area contributed by atoms with Gasteiger partial charge in [-0.2, -0.15) is 5.84 Å². The van der Waals surface area contributed by atoms with Crippen LogP contribution in [0.5, 0.6) is 0 Å². The topological polar surface area (TPSA) is 26.0 Å². The van der Waals surface area contributed by atoms with E-state index in [0.717, 1.165) is 4.59 Å². The van der Waals surface area contributed by atoms with E-state index in [1.165, 1.54) is 25.9 Å². The third-order valence-electron chi connectivity index (χ3n) is 1.59. The molecule has 0 aliphatic carbocycles. The minimum Gasteiger partial charge on any atom is -0.251 e. The first-order chi connectivity index (χ1) is 3.21. The maximum atomic E-state index is 5.72. The van der Waals surface area contributed by atoms with E-state index in [4.69, 9.17) is 5.84 Å². The van der Waals surface area contributed by atoms with Gasteiger partial charge >= 0.3 is 0 Å². The van der Waals surface area contributed by atoms with Crippen molar-refractivity contribution in [1.82, 2.24) is 0 Å². The molecule has 2 N–H and O–H groups in total. The third-order valence-corrected chi connectivity index (χ3v) is 1.59. The van der Waals surface area contributed by atoms with Gasteiger partial charge in [0.25, 0.3) is 0 Å². The second kappa shape index (κ2) is 1.46. The molecule has 1 aliphatic heterocycles. The Morgan fingerprint density at radius 1 is 1.29 bits per heavy atom. The fraction of sp³-hybridized carbons (Fsp3) is 1.00. The lowest BCUT2D eigenvalue weighted by atomic mass is 10.4. The first-order valence-electron chi connectivity index (χ1n) is 2.84. The second-order valence-corrected chi connectivity index (χ2v) is 2.63. The Morgan fingerprint density at radius 3 is 1.86 bits per heavy atom.